The SMILES string of the molecule is Cc1cc(N=S2(=O)CCCC2)cc2ncnc(Cc3cccnc3O[C@@H]3CO[C@H]4[C@@H]3OC[C@H]4O)c12. The summed E-state index contributed by atoms with van der Waals surface area (Å²) < 4.78 is 35.2. The average molecular weight is 497 g/mol. The molecule has 0 aliphatic carbocycles. The van der Waals surface area contributed by atoms with Gasteiger partial charge in [0.1, 0.15) is 24.6 Å². The number of aliphatic hydroxyl groups excluding tert-OH is 1. The first-order chi connectivity index (χ1) is 17.0. The number of pyridine rings is 1. The molecule has 3 saturated heterocycles. The molecule has 3 aromatic rings. The van der Waals surface area contributed by atoms with Crippen LogP contribution >= 0.6 is 0 Å². The lowest BCUT2D eigenvalue weighted by Gasteiger charge is -2.19. The predicted molar refractivity (Wildman–Crippen MR) is 130 cm³/mol. The number of aliphatic hydroxyl groups is 1. The zero-order valence-electron chi connectivity index (χ0n) is 19.5. The molecule has 0 spiro atoms. The molecule has 184 valence electrons. The van der Waals surface area contributed by atoms with Gasteiger partial charge < -0.3 is 19.3 Å². The highest BCUT2D eigenvalue weighted by atomic mass is 32.2. The number of rotatable bonds is 5. The Kier molecular flexibility index (Phi) is 5.92. The van der Waals surface area contributed by atoms with E-state index in [9.17, 15) is 9.32 Å². The number of aromatic nitrogens is 3. The van der Waals surface area contributed by atoms with Gasteiger partial charge in [0.25, 0.3) is 0 Å². The average Bonchev–Trinajstić information content (AvgIpc) is 3.54. The van der Waals surface area contributed by atoms with Gasteiger partial charge in [-0.05, 0) is 43.5 Å². The summed E-state index contributed by atoms with van der Waals surface area (Å²) in [7, 11) is -2.16. The molecular formula is C25H28N4O5S. The molecule has 3 aliphatic heterocycles. The van der Waals surface area contributed by atoms with Crippen LogP contribution < -0.4 is 4.74 Å². The van der Waals surface area contributed by atoms with Crippen molar-refractivity contribution in [1.82, 2.24) is 15.0 Å². The molecule has 3 aliphatic rings. The second-order valence-corrected chi connectivity index (χ2v) is 12.0. The van der Waals surface area contributed by atoms with Crippen molar-refractivity contribution in [3.05, 3.63) is 53.6 Å². The Morgan fingerprint density at radius 3 is 2.83 bits per heavy atom. The maximum atomic E-state index is 12.9. The maximum absolute atomic E-state index is 12.9. The van der Waals surface area contributed by atoms with Crippen molar-refractivity contribution in [1.29, 1.82) is 0 Å². The van der Waals surface area contributed by atoms with Crippen molar-refractivity contribution < 1.29 is 23.5 Å². The van der Waals surface area contributed by atoms with Gasteiger partial charge >= 0.3 is 0 Å². The lowest BCUT2D eigenvalue weighted by Crippen LogP contribution is -2.35. The van der Waals surface area contributed by atoms with E-state index in [4.69, 9.17) is 14.2 Å². The summed E-state index contributed by atoms with van der Waals surface area (Å²) in [6.45, 7) is 2.60. The molecule has 9 nitrogen and oxygen atoms in total. The van der Waals surface area contributed by atoms with Crippen LogP contribution in [0.15, 0.2) is 41.2 Å². The molecule has 0 bridgehead atoms. The molecule has 0 unspecified atom stereocenters. The van der Waals surface area contributed by atoms with E-state index in [-0.39, 0.29) is 24.9 Å². The van der Waals surface area contributed by atoms with Crippen molar-refractivity contribution in [2.24, 2.45) is 4.36 Å². The topological polar surface area (TPSA) is 116 Å². The first kappa shape index (κ1) is 22.8. The number of hydrogen-bond donors (Lipinski definition) is 1. The zero-order valence-corrected chi connectivity index (χ0v) is 20.3. The minimum absolute atomic E-state index is 0.250. The molecule has 0 saturated carbocycles. The minimum atomic E-state index is -2.16. The van der Waals surface area contributed by atoms with E-state index in [1.165, 1.54) is 0 Å². The normalized spacial score (nSPS) is 27.3. The Bertz CT molecular complexity index is 1380. The van der Waals surface area contributed by atoms with Gasteiger partial charge in [-0.2, -0.15) is 4.36 Å². The predicted octanol–water partition coefficient (Wildman–Crippen LogP) is 2.72. The van der Waals surface area contributed by atoms with Crippen LogP contribution in [0.1, 0.15) is 29.7 Å². The second kappa shape index (κ2) is 9.09. The molecule has 10 heteroatoms. The smallest absolute Gasteiger partial charge is 0.217 e. The summed E-state index contributed by atoms with van der Waals surface area (Å²) in [5.41, 5.74) is 4.23. The van der Waals surface area contributed by atoms with E-state index < -0.39 is 15.8 Å². The number of aryl methyl sites for hydroxylation is 1. The van der Waals surface area contributed by atoms with Crippen LogP contribution in [0.25, 0.3) is 10.9 Å². The van der Waals surface area contributed by atoms with Crippen LogP contribution in [0, 0.1) is 6.92 Å². The van der Waals surface area contributed by atoms with Gasteiger partial charge in [-0.1, -0.05) is 6.07 Å². The van der Waals surface area contributed by atoms with E-state index in [2.05, 4.69) is 19.3 Å². The fourth-order valence-corrected chi connectivity index (χ4v) is 7.40. The molecule has 4 atom stereocenters. The van der Waals surface area contributed by atoms with Crippen LogP contribution in [0.2, 0.25) is 0 Å². The van der Waals surface area contributed by atoms with E-state index >= 15 is 0 Å². The minimum Gasteiger partial charge on any atom is -0.469 e. The van der Waals surface area contributed by atoms with Crippen LogP contribution in [0.3, 0.4) is 0 Å². The van der Waals surface area contributed by atoms with Crippen molar-refractivity contribution in [2.45, 2.75) is 50.6 Å². The monoisotopic (exact) mass is 496 g/mol. The van der Waals surface area contributed by atoms with Crippen LogP contribution in [0.4, 0.5) is 5.69 Å². The molecular weight excluding hydrogens is 468 g/mol. The highest BCUT2D eigenvalue weighted by Gasteiger charge is 2.48. The van der Waals surface area contributed by atoms with Crippen molar-refractivity contribution >= 4 is 26.3 Å². The standard InChI is InChI=1S/C25H28N4O5S/c1-15-9-17(29-35(31)7-2-3-8-35)11-19-22(15)18(27-14-28-19)10-16-5-4-6-26-25(16)34-21-13-33-23-20(30)12-32-24(21)23/h4-6,9,11,14,20-21,23-24,30H,2-3,7-8,10,12-13H2,1H3/t20-,21-,23-,24-/m1/s1. The summed E-state index contributed by atoms with van der Waals surface area (Å²) in [6.07, 6.45) is 4.05. The highest BCUT2D eigenvalue weighted by Crippen LogP contribution is 2.33. The summed E-state index contributed by atoms with van der Waals surface area (Å²) in [6, 6.07) is 7.71. The van der Waals surface area contributed by atoms with E-state index in [1.807, 2.05) is 31.2 Å². The summed E-state index contributed by atoms with van der Waals surface area (Å²) >= 11 is 0. The Labute approximate surface area is 204 Å². The number of nitrogens with zero attached hydrogens (tertiary/aromatic N) is 4. The van der Waals surface area contributed by atoms with E-state index in [0.29, 0.717) is 36.1 Å². The largest absolute Gasteiger partial charge is 0.469 e. The highest BCUT2D eigenvalue weighted by molar-refractivity contribution is 7.93. The van der Waals surface area contributed by atoms with Gasteiger partial charge in [0.15, 0.2) is 6.10 Å². The first-order valence-corrected chi connectivity index (χ1v) is 13.8. The van der Waals surface area contributed by atoms with E-state index in [0.717, 1.165) is 40.6 Å². The fraction of sp³-hybridized carbons (Fsp3) is 0.480. The first-order valence-electron chi connectivity index (χ1n) is 12.0. The Balaban J connectivity index is 1.30. The van der Waals surface area contributed by atoms with E-state index in [1.54, 1.807) is 12.5 Å². The van der Waals surface area contributed by atoms with Crippen molar-refractivity contribution in [3.8, 4) is 5.88 Å². The van der Waals surface area contributed by atoms with Gasteiger partial charge in [-0.3, -0.25) is 0 Å². The molecule has 3 fully saturated rings. The molecule has 35 heavy (non-hydrogen) atoms. The zero-order chi connectivity index (χ0) is 24.0. The van der Waals surface area contributed by atoms with Gasteiger partial charge in [0.2, 0.25) is 5.88 Å². The molecule has 5 heterocycles. The number of ether oxygens (including phenoxy) is 3. The van der Waals surface area contributed by atoms with Crippen LogP contribution in [-0.4, -0.2) is 73.4 Å². The Morgan fingerprint density at radius 2 is 1.97 bits per heavy atom. The fourth-order valence-electron chi connectivity index (χ4n) is 5.21. The number of fused-ring (bicyclic) bond motifs is 2. The molecule has 0 amide bonds. The third-order valence-electron chi connectivity index (χ3n) is 6.90. The van der Waals surface area contributed by atoms with Gasteiger partial charge in [0, 0.05) is 35.1 Å². The summed E-state index contributed by atoms with van der Waals surface area (Å²) in [4.78, 5) is 13.5. The summed E-state index contributed by atoms with van der Waals surface area (Å²) in [5.74, 6) is 1.84. The molecule has 0 radical (unpaired) electrons. The molecule has 2 aromatic heterocycles. The van der Waals surface area contributed by atoms with Gasteiger partial charge in [-0.25, -0.2) is 19.2 Å². The molecule has 1 aromatic carbocycles. The lowest BCUT2D eigenvalue weighted by atomic mass is 10.0. The molecule has 1 N–H and O–H groups in total. The Morgan fingerprint density at radius 1 is 1.14 bits per heavy atom. The third-order valence-corrected chi connectivity index (χ3v) is 9.30. The quantitative estimate of drug-likeness (QED) is 0.573. The second-order valence-electron chi connectivity index (χ2n) is 9.42. The van der Waals surface area contributed by atoms with Crippen molar-refractivity contribution in [2.75, 3.05) is 24.7 Å². The third kappa shape index (κ3) is 4.40. The number of benzene rings is 1. The van der Waals surface area contributed by atoms with Gasteiger partial charge in [0.05, 0.1) is 39.8 Å². The van der Waals surface area contributed by atoms with Crippen LogP contribution in [0.5, 0.6) is 5.88 Å². The van der Waals surface area contributed by atoms with Crippen LogP contribution in [-0.2, 0) is 25.6 Å². The van der Waals surface area contributed by atoms with Crippen molar-refractivity contribution in [3.63, 3.8) is 0 Å². The maximum Gasteiger partial charge on any atom is 0.217 e. The van der Waals surface area contributed by atoms with Gasteiger partial charge in [-0.15, -0.1) is 0 Å². The number of hydrogen-bond acceptors (Lipinski definition) is 9. The molecule has 6 rings (SSSR count). The lowest BCUT2D eigenvalue weighted by molar-refractivity contribution is 0.00762. The Hall–Kier alpha value is -2.66. The summed E-state index contributed by atoms with van der Waals surface area (Å²) in [5, 5.41) is 11.0.